The van der Waals surface area contributed by atoms with Gasteiger partial charge in [0, 0.05) is 30.1 Å². The molecule has 0 unspecified atom stereocenters. The quantitative estimate of drug-likeness (QED) is 0.835. The average Bonchev–Trinajstić information content (AvgIpc) is 2.54. The number of nitrogens with zero attached hydrogens (tertiary/aromatic N) is 1. The Morgan fingerprint density at radius 2 is 2.09 bits per heavy atom. The van der Waals surface area contributed by atoms with Crippen LogP contribution in [0.15, 0.2) is 23.1 Å². The van der Waals surface area contributed by atoms with Gasteiger partial charge in [0.05, 0.1) is 23.8 Å². The lowest BCUT2D eigenvalue weighted by Crippen LogP contribution is -2.55. The van der Waals surface area contributed by atoms with Crippen molar-refractivity contribution in [2.24, 2.45) is 0 Å². The number of carbonyl (C=O) groups is 1. The van der Waals surface area contributed by atoms with Crippen LogP contribution in [0.5, 0.6) is 0 Å². The molecule has 1 amide bonds. The highest BCUT2D eigenvalue weighted by Gasteiger charge is 2.28. The summed E-state index contributed by atoms with van der Waals surface area (Å²) in [5.74, 6) is -0.123. The molecule has 6 heteroatoms. The Bertz CT molecular complexity index is 531. The number of rotatable bonds is 5. The molecule has 0 spiro atoms. The number of ether oxygens (including phenoxy) is 1. The van der Waals surface area contributed by atoms with Crippen LogP contribution in [-0.2, 0) is 4.74 Å². The molecule has 0 aromatic heterocycles. The number of carbonyl (C=O) groups excluding carboxylic acids is 1. The van der Waals surface area contributed by atoms with Crippen LogP contribution in [0.3, 0.4) is 0 Å². The van der Waals surface area contributed by atoms with Crippen molar-refractivity contribution in [2.75, 3.05) is 39.1 Å². The molecule has 0 saturated carbocycles. The van der Waals surface area contributed by atoms with Crippen molar-refractivity contribution in [3.63, 3.8) is 0 Å². The van der Waals surface area contributed by atoms with Crippen molar-refractivity contribution in [2.45, 2.75) is 24.3 Å². The Morgan fingerprint density at radius 3 is 2.73 bits per heavy atom. The fraction of sp³-hybridized carbons (Fsp3) is 0.562. The van der Waals surface area contributed by atoms with E-state index in [0.29, 0.717) is 17.1 Å². The molecule has 2 rings (SSSR count). The highest BCUT2D eigenvalue weighted by Crippen LogP contribution is 2.23. The van der Waals surface area contributed by atoms with E-state index in [0.717, 1.165) is 31.2 Å². The number of morpholine rings is 1. The number of nitrogens with one attached hydrogen (secondary N) is 1. The Kier molecular flexibility index (Phi) is 6.15. The zero-order valence-electron chi connectivity index (χ0n) is 13.3. The molecule has 0 aliphatic carbocycles. The van der Waals surface area contributed by atoms with E-state index in [-0.39, 0.29) is 11.4 Å². The Hall–Kier alpha value is -0.750. The second kappa shape index (κ2) is 7.68. The van der Waals surface area contributed by atoms with Gasteiger partial charge in [-0.3, -0.25) is 9.69 Å². The number of halogens is 1. The van der Waals surface area contributed by atoms with E-state index >= 15 is 0 Å². The van der Waals surface area contributed by atoms with E-state index in [1.54, 1.807) is 17.8 Å². The SMILES string of the molecule is CSc1ccc(Cl)c(C(=O)NCC(C)(C)N2CCOCC2)c1. The molecule has 1 heterocycles. The molecule has 22 heavy (non-hydrogen) atoms. The van der Waals surface area contributed by atoms with Gasteiger partial charge in [0.1, 0.15) is 0 Å². The lowest BCUT2D eigenvalue weighted by Gasteiger charge is -2.40. The highest BCUT2D eigenvalue weighted by molar-refractivity contribution is 7.98. The van der Waals surface area contributed by atoms with Gasteiger partial charge in [-0.05, 0) is 38.3 Å². The van der Waals surface area contributed by atoms with Crippen LogP contribution >= 0.6 is 23.4 Å². The maximum atomic E-state index is 12.4. The number of hydrogen-bond acceptors (Lipinski definition) is 4. The van der Waals surface area contributed by atoms with Gasteiger partial charge >= 0.3 is 0 Å². The highest BCUT2D eigenvalue weighted by atomic mass is 35.5. The molecule has 0 atom stereocenters. The Balaban J connectivity index is 1.99. The van der Waals surface area contributed by atoms with Crippen molar-refractivity contribution in [1.29, 1.82) is 0 Å². The molecular weight excluding hydrogens is 320 g/mol. The van der Waals surface area contributed by atoms with Crippen LogP contribution in [0.25, 0.3) is 0 Å². The molecular formula is C16H23ClN2O2S. The van der Waals surface area contributed by atoms with E-state index in [1.807, 2.05) is 18.4 Å². The summed E-state index contributed by atoms with van der Waals surface area (Å²) in [4.78, 5) is 15.8. The third-order valence-corrected chi connectivity index (χ3v) is 5.02. The first-order valence-corrected chi connectivity index (χ1v) is 8.99. The molecule has 1 saturated heterocycles. The topological polar surface area (TPSA) is 41.6 Å². The van der Waals surface area contributed by atoms with Crippen molar-refractivity contribution in [3.8, 4) is 0 Å². The standard InChI is InChI=1S/C16H23ClN2O2S/c1-16(2,19-6-8-21-9-7-19)11-18-15(20)13-10-12(22-3)4-5-14(13)17/h4-5,10H,6-9,11H2,1-3H3,(H,18,20). The van der Waals surface area contributed by atoms with Gasteiger partial charge in [-0.25, -0.2) is 0 Å². The molecule has 1 N–H and O–H groups in total. The maximum Gasteiger partial charge on any atom is 0.252 e. The van der Waals surface area contributed by atoms with Gasteiger partial charge < -0.3 is 10.1 Å². The van der Waals surface area contributed by atoms with Gasteiger partial charge in [-0.1, -0.05) is 11.6 Å². The van der Waals surface area contributed by atoms with E-state index in [4.69, 9.17) is 16.3 Å². The fourth-order valence-corrected chi connectivity index (χ4v) is 3.12. The first kappa shape index (κ1) is 17.6. The van der Waals surface area contributed by atoms with Crippen molar-refractivity contribution < 1.29 is 9.53 Å². The summed E-state index contributed by atoms with van der Waals surface area (Å²) in [5, 5.41) is 3.50. The summed E-state index contributed by atoms with van der Waals surface area (Å²) in [6, 6.07) is 5.53. The number of amides is 1. The fourth-order valence-electron chi connectivity index (χ4n) is 2.48. The second-order valence-electron chi connectivity index (χ2n) is 5.94. The summed E-state index contributed by atoms with van der Waals surface area (Å²) >= 11 is 7.74. The maximum absolute atomic E-state index is 12.4. The van der Waals surface area contributed by atoms with Crippen LogP contribution < -0.4 is 5.32 Å². The predicted molar refractivity (Wildman–Crippen MR) is 92.0 cm³/mol. The molecule has 1 aliphatic heterocycles. The molecule has 1 fully saturated rings. The van der Waals surface area contributed by atoms with Crippen molar-refractivity contribution >= 4 is 29.3 Å². The zero-order valence-corrected chi connectivity index (χ0v) is 14.9. The van der Waals surface area contributed by atoms with E-state index in [1.165, 1.54) is 0 Å². The third-order valence-electron chi connectivity index (χ3n) is 3.97. The lowest BCUT2D eigenvalue weighted by atomic mass is 10.0. The molecule has 0 bridgehead atoms. The van der Waals surface area contributed by atoms with E-state index in [9.17, 15) is 4.79 Å². The van der Waals surface area contributed by atoms with Crippen LogP contribution in [-0.4, -0.2) is 55.4 Å². The minimum absolute atomic E-state index is 0.108. The normalized spacial score (nSPS) is 16.5. The van der Waals surface area contributed by atoms with Gasteiger partial charge in [-0.2, -0.15) is 0 Å². The largest absolute Gasteiger partial charge is 0.379 e. The molecule has 1 aromatic rings. The van der Waals surface area contributed by atoms with Crippen molar-refractivity contribution in [3.05, 3.63) is 28.8 Å². The van der Waals surface area contributed by atoms with Crippen molar-refractivity contribution in [1.82, 2.24) is 10.2 Å². The number of thioether (sulfide) groups is 1. The van der Waals surface area contributed by atoms with Gasteiger partial charge in [0.2, 0.25) is 0 Å². The summed E-state index contributed by atoms with van der Waals surface area (Å²) in [6.45, 7) is 8.14. The van der Waals surface area contributed by atoms with E-state index in [2.05, 4.69) is 24.1 Å². The third kappa shape index (κ3) is 4.38. The lowest BCUT2D eigenvalue weighted by molar-refractivity contribution is -0.00923. The smallest absolute Gasteiger partial charge is 0.252 e. The summed E-state index contributed by atoms with van der Waals surface area (Å²) in [6.07, 6.45) is 1.98. The molecule has 122 valence electrons. The molecule has 1 aliphatic rings. The molecule has 4 nitrogen and oxygen atoms in total. The first-order chi connectivity index (χ1) is 10.4. The van der Waals surface area contributed by atoms with Crippen LogP contribution in [0.1, 0.15) is 24.2 Å². The molecule has 0 radical (unpaired) electrons. The zero-order chi connectivity index (χ0) is 16.2. The summed E-state index contributed by atoms with van der Waals surface area (Å²) < 4.78 is 5.38. The van der Waals surface area contributed by atoms with Crippen LogP contribution in [0, 0.1) is 0 Å². The first-order valence-electron chi connectivity index (χ1n) is 7.38. The monoisotopic (exact) mass is 342 g/mol. The van der Waals surface area contributed by atoms with Crippen LogP contribution in [0.4, 0.5) is 0 Å². The van der Waals surface area contributed by atoms with Gasteiger partial charge in [0.15, 0.2) is 0 Å². The summed E-state index contributed by atoms with van der Waals surface area (Å²) in [5.41, 5.74) is 0.426. The Labute approximate surface area is 141 Å². The van der Waals surface area contributed by atoms with Gasteiger partial charge in [0.25, 0.3) is 5.91 Å². The minimum Gasteiger partial charge on any atom is -0.379 e. The minimum atomic E-state index is -0.123. The van der Waals surface area contributed by atoms with Crippen LogP contribution in [0.2, 0.25) is 5.02 Å². The predicted octanol–water partition coefficient (Wildman–Crippen LogP) is 2.90. The second-order valence-corrected chi connectivity index (χ2v) is 7.23. The average molecular weight is 343 g/mol. The Morgan fingerprint density at radius 1 is 1.41 bits per heavy atom. The molecule has 1 aromatic carbocycles. The van der Waals surface area contributed by atoms with E-state index < -0.39 is 0 Å². The summed E-state index contributed by atoms with van der Waals surface area (Å²) in [7, 11) is 0. The number of benzene rings is 1. The number of hydrogen-bond donors (Lipinski definition) is 1. The van der Waals surface area contributed by atoms with Gasteiger partial charge in [-0.15, -0.1) is 11.8 Å².